The molecule has 0 amide bonds. The summed E-state index contributed by atoms with van der Waals surface area (Å²) >= 11 is 0. The quantitative estimate of drug-likeness (QED) is 0.210. The number of carbonyl (C=O) groups excluding carboxylic acids is 1. The van der Waals surface area contributed by atoms with Crippen molar-refractivity contribution in [2.45, 2.75) is 16.7 Å². The lowest BCUT2D eigenvalue weighted by Gasteiger charge is -2.31. The maximum Gasteiger partial charge on any atom is 0.198 e. The number of halogens is 8. The average Bonchev–Trinajstić information content (AvgIpc) is 2.73. The Morgan fingerprint density at radius 2 is 1.30 bits per heavy atom. The molecule has 2 aromatic rings. The van der Waals surface area contributed by atoms with Gasteiger partial charge in [0, 0.05) is 9.76 Å². The molecule has 0 saturated heterocycles. The van der Waals surface area contributed by atoms with Crippen molar-refractivity contribution in [3.8, 4) is 0 Å². The number of Topliss-reactive ketones (excluding diaryl/α,β-unsaturated/α-hetero) is 1. The van der Waals surface area contributed by atoms with Crippen molar-refractivity contribution in [2.75, 3.05) is 0 Å². The number of benzene rings is 2. The van der Waals surface area contributed by atoms with Crippen LogP contribution in [0.1, 0.15) is 15.9 Å². The Hall–Kier alpha value is -2.75. The van der Waals surface area contributed by atoms with Crippen molar-refractivity contribution >= 4 is 21.1 Å². The second-order valence-electron chi connectivity index (χ2n) is 6.53. The van der Waals surface area contributed by atoms with Crippen LogP contribution in [0.15, 0.2) is 57.4 Å². The van der Waals surface area contributed by atoms with Crippen LogP contribution in [0.3, 0.4) is 0 Å². The Kier molecular flexibility index (Phi) is 4.72. The summed E-state index contributed by atoms with van der Waals surface area (Å²) in [5.41, 5.74) is -0.709. The molecule has 0 saturated carbocycles. The summed E-state index contributed by atoms with van der Waals surface area (Å²) in [7, 11) is -2.29. The van der Waals surface area contributed by atoms with Gasteiger partial charge < -0.3 is 0 Å². The summed E-state index contributed by atoms with van der Waals surface area (Å²) in [6.45, 7) is 1.65. The highest BCUT2D eigenvalue weighted by atomic mass is 32.2. The van der Waals surface area contributed by atoms with Gasteiger partial charge in [-0.25, -0.2) is 35.1 Å². The molecule has 2 aliphatic rings. The third-order valence-electron chi connectivity index (χ3n) is 4.74. The van der Waals surface area contributed by atoms with Crippen LogP contribution < -0.4 is 0 Å². The Balaban J connectivity index is 2.24. The van der Waals surface area contributed by atoms with E-state index >= 15 is 0 Å². The zero-order chi connectivity index (χ0) is 22.1. The number of ketones is 1. The monoisotopic (exact) mass is 448 g/mol. The minimum absolute atomic E-state index is 0.0725. The molecule has 0 bridgehead atoms. The lowest BCUT2D eigenvalue weighted by Crippen LogP contribution is -2.34. The van der Waals surface area contributed by atoms with Gasteiger partial charge in [-0.3, -0.25) is 4.79 Å². The van der Waals surface area contributed by atoms with Gasteiger partial charge in [0.2, 0.25) is 0 Å². The minimum Gasteiger partial charge on any atom is -0.293 e. The van der Waals surface area contributed by atoms with Crippen molar-refractivity contribution in [1.82, 2.24) is 0 Å². The van der Waals surface area contributed by atoms with Crippen LogP contribution in [-0.4, -0.2) is 10.6 Å². The van der Waals surface area contributed by atoms with Crippen molar-refractivity contribution in [3.05, 3.63) is 82.0 Å². The second-order valence-corrected chi connectivity index (χ2v) is 8.46. The third kappa shape index (κ3) is 2.62. The van der Waals surface area contributed by atoms with Crippen LogP contribution in [0.5, 0.6) is 0 Å². The van der Waals surface area contributed by atoms with E-state index < -0.39 is 84.1 Å². The summed E-state index contributed by atoms with van der Waals surface area (Å²) in [5, 5.41) is 0. The van der Waals surface area contributed by atoms with E-state index in [4.69, 9.17) is 0 Å². The summed E-state index contributed by atoms with van der Waals surface area (Å²) in [5.74, 6) is -21.6. The zero-order valence-electron chi connectivity index (χ0n) is 14.7. The van der Waals surface area contributed by atoms with Crippen LogP contribution in [0, 0.1) is 36.1 Å². The molecule has 4 rings (SSSR count). The van der Waals surface area contributed by atoms with E-state index in [1.807, 2.05) is 0 Å². The fourth-order valence-electron chi connectivity index (χ4n) is 3.32. The molecule has 156 valence electrons. The first kappa shape index (κ1) is 20.5. The molecule has 2 aromatic carbocycles. The van der Waals surface area contributed by atoms with Crippen LogP contribution in [-0.2, 0) is 0 Å². The summed E-state index contributed by atoms with van der Waals surface area (Å²) in [6, 6.07) is 5.41. The van der Waals surface area contributed by atoms with E-state index in [0.29, 0.717) is 5.56 Å². The average molecular weight is 448 g/mol. The van der Waals surface area contributed by atoms with Gasteiger partial charge in [-0.15, -0.1) is 10.5 Å². The summed E-state index contributed by atoms with van der Waals surface area (Å²) in [4.78, 5) is 10.5. The van der Waals surface area contributed by atoms with Gasteiger partial charge in [0.25, 0.3) is 0 Å². The third-order valence-corrected chi connectivity index (χ3v) is 7.13. The highest BCUT2D eigenvalue weighted by Gasteiger charge is 2.48. The van der Waals surface area contributed by atoms with Gasteiger partial charge in [0.15, 0.2) is 52.4 Å². The molecular weight excluding hydrogens is 440 g/mol. The topological polar surface area (TPSA) is 17.1 Å². The first-order valence-corrected chi connectivity index (χ1v) is 9.49. The maximum atomic E-state index is 14.7. The van der Waals surface area contributed by atoms with Crippen molar-refractivity contribution < 1.29 is 39.9 Å². The largest absolute Gasteiger partial charge is 0.293 e. The molecule has 30 heavy (non-hydrogen) atoms. The van der Waals surface area contributed by atoms with Crippen LogP contribution in [0.2, 0.25) is 0 Å². The van der Waals surface area contributed by atoms with E-state index in [-0.39, 0.29) is 4.90 Å². The number of rotatable bonds is 1. The minimum atomic E-state index is -2.49. The highest BCUT2D eigenvalue weighted by Crippen LogP contribution is 2.53. The van der Waals surface area contributed by atoms with Crippen molar-refractivity contribution in [1.29, 1.82) is 0 Å². The maximum absolute atomic E-state index is 14.7. The Bertz CT molecular complexity index is 1240. The van der Waals surface area contributed by atoms with Crippen LogP contribution >= 0.6 is 10.5 Å². The predicted molar refractivity (Wildman–Crippen MR) is 92.9 cm³/mol. The van der Waals surface area contributed by atoms with Gasteiger partial charge in [0.05, 0.1) is 10.5 Å². The van der Waals surface area contributed by atoms with E-state index in [2.05, 4.69) is 0 Å². The fraction of sp³-hybridized carbons (Fsp3) is 0.100. The summed E-state index contributed by atoms with van der Waals surface area (Å²) < 4.78 is 114. The molecular formula is C20H8F8OS. The number of hydrogen-bond acceptors (Lipinski definition) is 1. The molecule has 10 heteroatoms. The molecule has 1 heterocycles. The SMILES string of the molecule is Cc1ccc(S2=C3C(F)=C(F)C(F)=C(F)C3C(=O)c3c(F)c(F)c(F)c(F)c32)cc1. The van der Waals surface area contributed by atoms with E-state index in [9.17, 15) is 39.9 Å². The highest BCUT2D eigenvalue weighted by molar-refractivity contribution is 8.16. The molecule has 2 unspecified atom stereocenters. The molecule has 0 fully saturated rings. The molecule has 2 atom stereocenters. The van der Waals surface area contributed by atoms with Crippen LogP contribution in [0.4, 0.5) is 35.1 Å². The van der Waals surface area contributed by atoms with Crippen molar-refractivity contribution in [3.63, 3.8) is 0 Å². The molecule has 0 spiro atoms. The van der Waals surface area contributed by atoms with E-state index in [0.717, 1.165) is 0 Å². The normalized spacial score (nSPS) is 21.2. The lowest BCUT2D eigenvalue weighted by atomic mass is 9.88. The molecule has 1 nitrogen and oxygen atoms in total. The smallest absolute Gasteiger partial charge is 0.198 e. The number of hydrogen-bond donors (Lipinski definition) is 0. The number of allylic oxidation sites excluding steroid dienone is 4. The fourth-order valence-corrected chi connectivity index (χ4v) is 5.81. The second kappa shape index (κ2) is 6.90. The number of fused-ring (bicyclic) bond motifs is 2. The molecule has 1 aliphatic heterocycles. The van der Waals surface area contributed by atoms with Gasteiger partial charge in [0.1, 0.15) is 5.92 Å². The summed E-state index contributed by atoms with van der Waals surface area (Å²) in [6.07, 6.45) is 0. The Labute approximate surface area is 166 Å². The van der Waals surface area contributed by atoms with Gasteiger partial charge in [-0.1, -0.05) is 17.7 Å². The number of aryl methyl sites for hydroxylation is 1. The standard InChI is InChI=1S/C20H8F8OS/c1-6-2-4-7(5-3-6)30-19-8(10(21)12(23)14(25)16(19)27)18(29)9-11(22)13(24)15(26)17(28)20(9)30/h2-5,8H,1H3. The van der Waals surface area contributed by atoms with Gasteiger partial charge in [-0.2, -0.15) is 0 Å². The Morgan fingerprint density at radius 3 is 1.90 bits per heavy atom. The lowest BCUT2D eigenvalue weighted by molar-refractivity contribution is 0.0945. The molecule has 1 aliphatic carbocycles. The van der Waals surface area contributed by atoms with Gasteiger partial charge >= 0.3 is 0 Å². The molecule has 0 radical (unpaired) electrons. The molecule has 0 aromatic heterocycles. The zero-order valence-corrected chi connectivity index (χ0v) is 15.5. The predicted octanol–water partition coefficient (Wildman–Crippen LogP) is 6.54. The van der Waals surface area contributed by atoms with E-state index in [1.54, 1.807) is 6.92 Å². The molecule has 0 N–H and O–H groups in total. The first-order valence-electron chi connectivity index (χ1n) is 8.27. The van der Waals surface area contributed by atoms with Crippen LogP contribution in [0.25, 0.3) is 0 Å². The van der Waals surface area contributed by atoms with Gasteiger partial charge in [-0.05, 0) is 19.1 Å². The number of carbonyl (C=O) groups is 1. The Morgan fingerprint density at radius 1 is 0.733 bits per heavy atom. The van der Waals surface area contributed by atoms with E-state index in [1.165, 1.54) is 24.3 Å². The van der Waals surface area contributed by atoms with Crippen molar-refractivity contribution in [2.24, 2.45) is 5.92 Å². The first-order chi connectivity index (χ1) is 14.1.